The number of nitrogen functional groups attached to an aromatic ring is 1. The normalized spacial score (nSPS) is 14.8. The van der Waals surface area contributed by atoms with Crippen LogP contribution in [0.25, 0.3) is 11.4 Å². The second-order valence-corrected chi connectivity index (χ2v) is 6.10. The number of aromatic nitrogens is 2. The molecule has 0 amide bonds. The first-order chi connectivity index (χ1) is 9.61. The van der Waals surface area contributed by atoms with E-state index in [0.29, 0.717) is 11.7 Å². The first kappa shape index (κ1) is 13.1. The lowest BCUT2D eigenvalue weighted by molar-refractivity contribution is 0.635. The molecular formula is C17H21N3. The Kier molecular flexibility index (Phi) is 3.43. The van der Waals surface area contributed by atoms with Gasteiger partial charge >= 0.3 is 0 Å². The standard InChI is InChI=1S/C17H21N3/c1-11(2)9-15-10-16(18)20-17(19-15)14-7-5-13(6-8-14)12-3-4-12/h5-8,10-12H,3-4,9H2,1-2H3,(H2,18,19,20). The molecule has 0 spiro atoms. The van der Waals surface area contributed by atoms with Gasteiger partial charge in [0.05, 0.1) is 0 Å². The van der Waals surface area contributed by atoms with Crippen LogP contribution in [0.5, 0.6) is 0 Å². The lowest BCUT2D eigenvalue weighted by Crippen LogP contribution is -2.03. The predicted molar refractivity (Wildman–Crippen MR) is 82.4 cm³/mol. The van der Waals surface area contributed by atoms with Gasteiger partial charge in [0.1, 0.15) is 5.82 Å². The van der Waals surface area contributed by atoms with Gasteiger partial charge in [-0.2, -0.15) is 0 Å². The molecule has 2 N–H and O–H groups in total. The second-order valence-electron chi connectivity index (χ2n) is 6.10. The monoisotopic (exact) mass is 267 g/mol. The highest BCUT2D eigenvalue weighted by molar-refractivity contribution is 5.57. The van der Waals surface area contributed by atoms with E-state index in [9.17, 15) is 0 Å². The average Bonchev–Trinajstić information content (AvgIpc) is 3.21. The molecule has 1 fully saturated rings. The Balaban J connectivity index is 1.89. The topological polar surface area (TPSA) is 51.8 Å². The van der Waals surface area contributed by atoms with E-state index in [1.54, 1.807) is 0 Å². The molecule has 2 aromatic rings. The zero-order valence-corrected chi connectivity index (χ0v) is 12.1. The van der Waals surface area contributed by atoms with E-state index in [2.05, 4.69) is 48.1 Å². The van der Waals surface area contributed by atoms with Crippen LogP contribution in [0.3, 0.4) is 0 Å². The Morgan fingerprint density at radius 3 is 2.45 bits per heavy atom. The molecule has 0 saturated heterocycles. The molecule has 1 aromatic heterocycles. The lowest BCUT2D eigenvalue weighted by atomic mass is 10.1. The van der Waals surface area contributed by atoms with E-state index in [-0.39, 0.29) is 0 Å². The molecule has 1 aliphatic carbocycles. The van der Waals surface area contributed by atoms with Crippen molar-refractivity contribution in [2.45, 2.75) is 39.0 Å². The van der Waals surface area contributed by atoms with Gasteiger partial charge in [-0.3, -0.25) is 0 Å². The Morgan fingerprint density at radius 2 is 1.85 bits per heavy atom. The maximum absolute atomic E-state index is 5.91. The molecule has 1 aliphatic rings. The van der Waals surface area contributed by atoms with Gasteiger partial charge in [0, 0.05) is 17.3 Å². The van der Waals surface area contributed by atoms with Gasteiger partial charge in [0.25, 0.3) is 0 Å². The fourth-order valence-electron chi connectivity index (χ4n) is 2.49. The van der Waals surface area contributed by atoms with Gasteiger partial charge in [0.15, 0.2) is 5.82 Å². The molecule has 0 atom stereocenters. The molecule has 104 valence electrons. The molecule has 0 aliphatic heterocycles. The largest absolute Gasteiger partial charge is 0.384 e. The summed E-state index contributed by atoms with van der Waals surface area (Å²) in [4.78, 5) is 9.01. The second kappa shape index (κ2) is 5.23. The van der Waals surface area contributed by atoms with Crippen molar-refractivity contribution in [3.63, 3.8) is 0 Å². The van der Waals surface area contributed by atoms with Crippen molar-refractivity contribution in [1.82, 2.24) is 9.97 Å². The Morgan fingerprint density at radius 1 is 1.15 bits per heavy atom. The first-order valence-corrected chi connectivity index (χ1v) is 7.35. The van der Waals surface area contributed by atoms with Crippen molar-refractivity contribution in [1.29, 1.82) is 0 Å². The number of hydrogen-bond donors (Lipinski definition) is 1. The highest BCUT2D eigenvalue weighted by Crippen LogP contribution is 2.40. The Bertz CT molecular complexity index is 598. The third-order valence-corrected chi connectivity index (χ3v) is 3.63. The van der Waals surface area contributed by atoms with Gasteiger partial charge in [-0.1, -0.05) is 38.1 Å². The predicted octanol–water partition coefficient (Wildman–Crippen LogP) is 3.80. The van der Waals surface area contributed by atoms with E-state index in [0.717, 1.165) is 29.4 Å². The van der Waals surface area contributed by atoms with Crippen molar-refractivity contribution in [2.24, 2.45) is 5.92 Å². The molecule has 3 nitrogen and oxygen atoms in total. The van der Waals surface area contributed by atoms with Gasteiger partial charge in [-0.25, -0.2) is 9.97 Å². The maximum Gasteiger partial charge on any atom is 0.161 e. The molecule has 1 aromatic carbocycles. The molecule has 1 saturated carbocycles. The molecule has 1 heterocycles. The summed E-state index contributed by atoms with van der Waals surface area (Å²) in [6.07, 6.45) is 3.58. The molecule has 0 radical (unpaired) electrons. The summed E-state index contributed by atoms with van der Waals surface area (Å²) < 4.78 is 0. The van der Waals surface area contributed by atoms with Crippen LogP contribution in [-0.4, -0.2) is 9.97 Å². The summed E-state index contributed by atoms with van der Waals surface area (Å²) in [5, 5.41) is 0. The van der Waals surface area contributed by atoms with Crippen LogP contribution < -0.4 is 5.73 Å². The highest BCUT2D eigenvalue weighted by atomic mass is 14.9. The number of benzene rings is 1. The zero-order chi connectivity index (χ0) is 14.1. The Hall–Kier alpha value is -1.90. The van der Waals surface area contributed by atoms with Crippen LogP contribution in [-0.2, 0) is 6.42 Å². The maximum atomic E-state index is 5.91. The van der Waals surface area contributed by atoms with Crippen LogP contribution in [0.4, 0.5) is 5.82 Å². The van der Waals surface area contributed by atoms with Gasteiger partial charge in [0.2, 0.25) is 0 Å². The van der Waals surface area contributed by atoms with Crippen molar-refractivity contribution >= 4 is 5.82 Å². The highest BCUT2D eigenvalue weighted by Gasteiger charge is 2.23. The van der Waals surface area contributed by atoms with E-state index in [1.807, 2.05) is 6.07 Å². The molecule has 20 heavy (non-hydrogen) atoms. The lowest BCUT2D eigenvalue weighted by Gasteiger charge is -2.08. The fourth-order valence-corrected chi connectivity index (χ4v) is 2.49. The fraction of sp³-hybridized carbons (Fsp3) is 0.412. The summed E-state index contributed by atoms with van der Waals surface area (Å²) >= 11 is 0. The van der Waals surface area contributed by atoms with E-state index in [1.165, 1.54) is 18.4 Å². The van der Waals surface area contributed by atoms with E-state index >= 15 is 0 Å². The van der Waals surface area contributed by atoms with E-state index < -0.39 is 0 Å². The number of hydrogen-bond acceptors (Lipinski definition) is 3. The van der Waals surface area contributed by atoms with Crippen LogP contribution in [0.15, 0.2) is 30.3 Å². The summed E-state index contributed by atoms with van der Waals surface area (Å²) in [5.74, 6) is 2.64. The minimum absolute atomic E-state index is 0.553. The Labute approximate surface area is 120 Å². The summed E-state index contributed by atoms with van der Waals surface area (Å²) in [6, 6.07) is 10.5. The van der Waals surface area contributed by atoms with Crippen LogP contribution >= 0.6 is 0 Å². The number of rotatable bonds is 4. The molecule has 0 unspecified atom stereocenters. The van der Waals surface area contributed by atoms with Crippen LogP contribution in [0.2, 0.25) is 0 Å². The summed E-state index contributed by atoms with van der Waals surface area (Å²) in [5.41, 5.74) is 9.41. The number of nitrogens with zero attached hydrogens (tertiary/aromatic N) is 2. The third-order valence-electron chi connectivity index (χ3n) is 3.63. The number of nitrogens with two attached hydrogens (primary N) is 1. The van der Waals surface area contributed by atoms with Crippen molar-refractivity contribution in [3.8, 4) is 11.4 Å². The molecular weight excluding hydrogens is 246 g/mol. The smallest absolute Gasteiger partial charge is 0.161 e. The average molecular weight is 267 g/mol. The van der Waals surface area contributed by atoms with Gasteiger partial charge < -0.3 is 5.73 Å². The SMILES string of the molecule is CC(C)Cc1cc(N)nc(-c2ccc(C3CC3)cc2)n1. The number of anilines is 1. The quantitative estimate of drug-likeness (QED) is 0.916. The van der Waals surface area contributed by atoms with Crippen LogP contribution in [0.1, 0.15) is 43.9 Å². The molecule has 3 heteroatoms. The van der Waals surface area contributed by atoms with Crippen molar-refractivity contribution in [2.75, 3.05) is 5.73 Å². The zero-order valence-electron chi connectivity index (χ0n) is 12.1. The summed E-state index contributed by atoms with van der Waals surface area (Å²) in [6.45, 7) is 4.37. The van der Waals surface area contributed by atoms with Crippen molar-refractivity contribution in [3.05, 3.63) is 41.6 Å². The summed E-state index contributed by atoms with van der Waals surface area (Å²) in [7, 11) is 0. The van der Waals surface area contributed by atoms with Gasteiger partial charge in [-0.15, -0.1) is 0 Å². The molecule has 0 bridgehead atoms. The minimum Gasteiger partial charge on any atom is -0.384 e. The molecule has 3 rings (SSSR count). The van der Waals surface area contributed by atoms with Gasteiger partial charge in [-0.05, 0) is 36.7 Å². The minimum atomic E-state index is 0.553. The first-order valence-electron chi connectivity index (χ1n) is 7.35. The van der Waals surface area contributed by atoms with E-state index in [4.69, 9.17) is 5.73 Å². The third kappa shape index (κ3) is 2.98. The van der Waals surface area contributed by atoms with Crippen LogP contribution in [0, 0.1) is 5.92 Å². The van der Waals surface area contributed by atoms with Crippen molar-refractivity contribution < 1.29 is 0 Å².